The smallest absolute Gasteiger partial charge is 0.208 e. The van der Waals surface area contributed by atoms with Crippen molar-refractivity contribution in [1.82, 2.24) is 14.9 Å². The minimum Gasteiger partial charge on any atom is -0.444 e. The van der Waals surface area contributed by atoms with Gasteiger partial charge in [-0.3, -0.25) is 0 Å². The molecular formula is C12H17N3O. The second kappa shape index (κ2) is 4.53. The van der Waals surface area contributed by atoms with Crippen LogP contribution in [0.2, 0.25) is 0 Å². The normalized spacial score (nSPS) is 10.9. The Kier molecular flexibility index (Phi) is 3.10. The number of nitrogens with zero attached hydrogens (tertiary/aromatic N) is 2. The highest BCUT2D eigenvalue weighted by Crippen LogP contribution is 2.08. The predicted molar refractivity (Wildman–Crippen MR) is 61.9 cm³/mol. The van der Waals surface area contributed by atoms with Gasteiger partial charge in [-0.2, -0.15) is 0 Å². The number of aromatic nitrogens is 2. The molecule has 0 aliphatic rings. The quantitative estimate of drug-likeness (QED) is 0.854. The van der Waals surface area contributed by atoms with Crippen molar-refractivity contribution < 1.29 is 4.42 Å². The van der Waals surface area contributed by atoms with Gasteiger partial charge in [-0.25, -0.2) is 4.98 Å². The van der Waals surface area contributed by atoms with Crippen molar-refractivity contribution in [3.05, 3.63) is 41.4 Å². The Labute approximate surface area is 95.3 Å². The molecule has 4 nitrogen and oxygen atoms in total. The van der Waals surface area contributed by atoms with Gasteiger partial charge < -0.3 is 14.3 Å². The molecule has 16 heavy (non-hydrogen) atoms. The van der Waals surface area contributed by atoms with E-state index in [-0.39, 0.29) is 0 Å². The fourth-order valence-electron chi connectivity index (χ4n) is 1.59. The molecule has 2 aromatic heterocycles. The van der Waals surface area contributed by atoms with Gasteiger partial charge in [0.25, 0.3) is 0 Å². The van der Waals surface area contributed by atoms with Gasteiger partial charge in [0.15, 0.2) is 0 Å². The van der Waals surface area contributed by atoms with E-state index < -0.39 is 0 Å². The molecule has 0 unspecified atom stereocenters. The van der Waals surface area contributed by atoms with E-state index in [1.807, 2.05) is 31.7 Å². The van der Waals surface area contributed by atoms with Gasteiger partial charge in [-0.1, -0.05) is 0 Å². The molecule has 0 atom stereocenters. The SMILES string of the molecule is Cc1nc(CNCc2ccn(C)c2)oc1C. The summed E-state index contributed by atoms with van der Waals surface area (Å²) in [7, 11) is 2.02. The molecule has 0 saturated carbocycles. The fourth-order valence-corrected chi connectivity index (χ4v) is 1.59. The number of aryl methyl sites for hydroxylation is 3. The fraction of sp³-hybridized carbons (Fsp3) is 0.417. The van der Waals surface area contributed by atoms with Crippen molar-refractivity contribution in [2.75, 3.05) is 0 Å². The van der Waals surface area contributed by atoms with Crippen LogP contribution < -0.4 is 5.32 Å². The van der Waals surface area contributed by atoms with Crippen LogP contribution in [0.5, 0.6) is 0 Å². The zero-order valence-electron chi connectivity index (χ0n) is 9.95. The molecule has 1 N–H and O–H groups in total. The second-order valence-corrected chi connectivity index (χ2v) is 4.04. The maximum absolute atomic E-state index is 5.48. The third-order valence-corrected chi connectivity index (χ3v) is 2.57. The first-order valence-electron chi connectivity index (χ1n) is 5.39. The molecule has 2 rings (SSSR count). The molecule has 4 heteroatoms. The van der Waals surface area contributed by atoms with Crippen molar-refractivity contribution in [3.8, 4) is 0 Å². The van der Waals surface area contributed by atoms with E-state index in [4.69, 9.17) is 4.42 Å². The molecule has 2 heterocycles. The summed E-state index contributed by atoms with van der Waals surface area (Å²) in [6, 6.07) is 2.10. The standard InChI is InChI=1S/C12H17N3O/c1-9-10(2)16-12(14-9)7-13-6-11-4-5-15(3)8-11/h4-5,8,13H,6-7H2,1-3H3. The Bertz CT molecular complexity index is 451. The van der Waals surface area contributed by atoms with Gasteiger partial charge in [0, 0.05) is 26.0 Å². The van der Waals surface area contributed by atoms with Gasteiger partial charge in [0.05, 0.1) is 12.2 Å². The Hall–Kier alpha value is -1.55. The topological polar surface area (TPSA) is 43.0 Å². The summed E-state index contributed by atoms with van der Waals surface area (Å²) in [4.78, 5) is 4.31. The summed E-state index contributed by atoms with van der Waals surface area (Å²) in [6.07, 6.45) is 4.13. The highest BCUT2D eigenvalue weighted by molar-refractivity contribution is 5.09. The van der Waals surface area contributed by atoms with E-state index in [1.165, 1.54) is 5.56 Å². The number of hydrogen-bond acceptors (Lipinski definition) is 3. The molecule has 0 radical (unpaired) electrons. The maximum Gasteiger partial charge on any atom is 0.208 e. The van der Waals surface area contributed by atoms with Crippen LogP contribution >= 0.6 is 0 Å². The highest BCUT2D eigenvalue weighted by Gasteiger charge is 2.04. The molecular weight excluding hydrogens is 202 g/mol. The number of hydrogen-bond donors (Lipinski definition) is 1. The molecule has 0 aromatic carbocycles. The van der Waals surface area contributed by atoms with Crippen LogP contribution in [0.4, 0.5) is 0 Å². The van der Waals surface area contributed by atoms with Crippen LogP contribution in [0.1, 0.15) is 22.9 Å². The summed E-state index contributed by atoms with van der Waals surface area (Å²) in [5, 5.41) is 3.30. The van der Waals surface area contributed by atoms with Crippen LogP contribution in [0, 0.1) is 13.8 Å². The van der Waals surface area contributed by atoms with E-state index in [2.05, 4.69) is 22.6 Å². The van der Waals surface area contributed by atoms with Crippen LogP contribution in [-0.4, -0.2) is 9.55 Å². The molecule has 2 aromatic rings. The number of nitrogens with one attached hydrogen (secondary N) is 1. The van der Waals surface area contributed by atoms with Crippen molar-refractivity contribution >= 4 is 0 Å². The molecule has 0 aliphatic heterocycles. The molecule has 0 aliphatic carbocycles. The molecule has 0 bridgehead atoms. The average molecular weight is 219 g/mol. The van der Waals surface area contributed by atoms with Gasteiger partial charge in [0.1, 0.15) is 5.76 Å². The summed E-state index contributed by atoms with van der Waals surface area (Å²) in [6.45, 7) is 5.40. The van der Waals surface area contributed by atoms with Crippen molar-refractivity contribution in [2.45, 2.75) is 26.9 Å². The zero-order chi connectivity index (χ0) is 11.5. The lowest BCUT2D eigenvalue weighted by Crippen LogP contribution is -2.12. The lowest BCUT2D eigenvalue weighted by molar-refractivity contribution is 0.448. The van der Waals surface area contributed by atoms with Crippen LogP contribution in [0.25, 0.3) is 0 Å². The van der Waals surface area contributed by atoms with E-state index in [0.717, 1.165) is 23.9 Å². The van der Waals surface area contributed by atoms with E-state index in [1.54, 1.807) is 0 Å². The Morgan fingerprint density at radius 2 is 2.19 bits per heavy atom. The van der Waals surface area contributed by atoms with Gasteiger partial charge in [-0.15, -0.1) is 0 Å². The first kappa shape index (κ1) is 11.0. The minimum absolute atomic E-state index is 0.670. The third-order valence-electron chi connectivity index (χ3n) is 2.57. The van der Waals surface area contributed by atoms with Crippen LogP contribution in [-0.2, 0) is 20.1 Å². The molecule has 0 saturated heterocycles. The van der Waals surface area contributed by atoms with E-state index in [9.17, 15) is 0 Å². The van der Waals surface area contributed by atoms with Gasteiger partial charge in [-0.05, 0) is 25.5 Å². The molecule has 0 amide bonds. The van der Waals surface area contributed by atoms with Crippen molar-refractivity contribution in [2.24, 2.45) is 7.05 Å². The first-order valence-corrected chi connectivity index (χ1v) is 5.39. The average Bonchev–Trinajstić information content (AvgIpc) is 2.75. The summed E-state index contributed by atoms with van der Waals surface area (Å²) in [5.41, 5.74) is 2.24. The number of oxazole rings is 1. The van der Waals surface area contributed by atoms with E-state index in [0.29, 0.717) is 6.54 Å². The van der Waals surface area contributed by atoms with E-state index >= 15 is 0 Å². The number of rotatable bonds is 4. The lowest BCUT2D eigenvalue weighted by atomic mass is 10.3. The first-order chi connectivity index (χ1) is 7.65. The zero-order valence-corrected chi connectivity index (χ0v) is 9.95. The van der Waals surface area contributed by atoms with Crippen LogP contribution in [0.3, 0.4) is 0 Å². The summed E-state index contributed by atoms with van der Waals surface area (Å²) in [5.74, 6) is 1.66. The maximum atomic E-state index is 5.48. The summed E-state index contributed by atoms with van der Waals surface area (Å²) >= 11 is 0. The molecule has 0 spiro atoms. The minimum atomic E-state index is 0.670. The molecule has 86 valence electrons. The summed E-state index contributed by atoms with van der Waals surface area (Å²) < 4.78 is 7.52. The highest BCUT2D eigenvalue weighted by atomic mass is 16.4. The monoisotopic (exact) mass is 219 g/mol. The Balaban J connectivity index is 1.84. The van der Waals surface area contributed by atoms with Gasteiger partial charge in [0.2, 0.25) is 5.89 Å². The molecule has 0 fully saturated rings. The predicted octanol–water partition coefficient (Wildman–Crippen LogP) is 1.92. The third kappa shape index (κ3) is 2.52. The largest absolute Gasteiger partial charge is 0.444 e. The van der Waals surface area contributed by atoms with Crippen molar-refractivity contribution in [3.63, 3.8) is 0 Å². The lowest BCUT2D eigenvalue weighted by Gasteiger charge is -1.99. The van der Waals surface area contributed by atoms with Crippen molar-refractivity contribution in [1.29, 1.82) is 0 Å². The Morgan fingerprint density at radius 1 is 1.38 bits per heavy atom. The second-order valence-electron chi connectivity index (χ2n) is 4.04. The Morgan fingerprint density at radius 3 is 2.75 bits per heavy atom. The van der Waals surface area contributed by atoms with Gasteiger partial charge >= 0.3 is 0 Å². The van der Waals surface area contributed by atoms with Crippen LogP contribution in [0.15, 0.2) is 22.9 Å².